The molecule has 0 bridgehead atoms. The Hall–Kier alpha value is -3.03. The number of aryl methyl sites for hydroxylation is 2. The number of piperidine rings is 1. The lowest BCUT2D eigenvalue weighted by molar-refractivity contribution is 0.0699. The average molecular weight is 351 g/mol. The van der Waals surface area contributed by atoms with Gasteiger partial charge in [-0.05, 0) is 18.9 Å². The summed E-state index contributed by atoms with van der Waals surface area (Å²) < 4.78 is 3.59. The maximum atomic E-state index is 12.8. The molecule has 1 aliphatic heterocycles. The number of hydrogen-bond donors (Lipinski definition) is 0. The van der Waals surface area contributed by atoms with Crippen LogP contribution < -0.4 is 0 Å². The molecule has 1 amide bonds. The molecular formula is C18H21N7O. The molecule has 0 saturated carbocycles. The van der Waals surface area contributed by atoms with Gasteiger partial charge < -0.3 is 9.47 Å². The van der Waals surface area contributed by atoms with Crippen molar-refractivity contribution < 1.29 is 4.79 Å². The Morgan fingerprint density at radius 1 is 1.23 bits per heavy atom. The van der Waals surface area contributed by atoms with Crippen LogP contribution in [0.25, 0.3) is 11.4 Å². The molecule has 0 unspecified atom stereocenters. The third kappa shape index (κ3) is 2.98. The van der Waals surface area contributed by atoms with E-state index >= 15 is 0 Å². The molecule has 3 aromatic rings. The predicted octanol–water partition coefficient (Wildman–Crippen LogP) is 1.63. The summed E-state index contributed by atoms with van der Waals surface area (Å²) in [5, 5.41) is 4.24. The number of carbonyl (C=O) groups excluding carboxylic acids is 1. The van der Waals surface area contributed by atoms with E-state index in [-0.39, 0.29) is 11.8 Å². The largest absolute Gasteiger partial charge is 0.337 e. The highest BCUT2D eigenvalue weighted by Gasteiger charge is 2.29. The van der Waals surface area contributed by atoms with Gasteiger partial charge >= 0.3 is 0 Å². The van der Waals surface area contributed by atoms with Crippen LogP contribution in [0.5, 0.6) is 0 Å². The smallest absolute Gasteiger partial charge is 0.274 e. The van der Waals surface area contributed by atoms with E-state index in [2.05, 4.69) is 20.1 Å². The number of aromatic nitrogens is 6. The van der Waals surface area contributed by atoms with Gasteiger partial charge in [-0.1, -0.05) is 0 Å². The number of hydrogen-bond acceptors (Lipinski definition) is 5. The highest BCUT2D eigenvalue weighted by molar-refractivity contribution is 5.92. The quantitative estimate of drug-likeness (QED) is 0.716. The van der Waals surface area contributed by atoms with Gasteiger partial charge in [-0.25, -0.2) is 4.98 Å². The number of amides is 1. The Kier molecular flexibility index (Phi) is 4.24. The molecule has 4 heterocycles. The zero-order chi connectivity index (χ0) is 18.1. The van der Waals surface area contributed by atoms with E-state index in [1.54, 1.807) is 41.9 Å². The van der Waals surface area contributed by atoms with Crippen LogP contribution in [-0.2, 0) is 14.1 Å². The normalized spacial score (nSPS) is 17.5. The molecule has 0 N–H and O–H groups in total. The zero-order valence-corrected chi connectivity index (χ0v) is 14.9. The standard InChI is InChI=1S/C18H21N7O/c1-23-12-19-10-15(23)17-16(20-6-7-21-17)13-4-3-8-25(11-13)18(26)14-5-9-24(2)22-14/h5-7,9-10,12-13H,3-4,8,11H2,1-2H3/t13-/m0/s1. The van der Waals surface area contributed by atoms with Gasteiger partial charge in [0.25, 0.3) is 5.91 Å². The lowest BCUT2D eigenvalue weighted by atomic mass is 9.92. The number of carbonyl (C=O) groups is 1. The van der Waals surface area contributed by atoms with Crippen molar-refractivity contribution in [1.82, 2.24) is 34.2 Å². The van der Waals surface area contributed by atoms with Crippen LogP contribution in [-0.4, -0.2) is 53.2 Å². The van der Waals surface area contributed by atoms with E-state index in [0.29, 0.717) is 12.2 Å². The van der Waals surface area contributed by atoms with Crippen molar-refractivity contribution >= 4 is 5.91 Å². The molecule has 1 aliphatic rings. The van der Waals surface area contributed by atoms with Gasteiger partial charge in [-0.3, -0.25) is 19.4 Å². The lowest BCUT2D eigenvalue weighted by Gasteiger charge is -2.32. The third-order valence-electron chi connectivity index (χ3n) is 4.81. The summed E-state index contributed by atoms with van der Waals surface area (Å²) in [4.78, 5) is 28.0. The number of nitrogens with zero attached hydrogens (tertiary/aromatic N) is 7. The molecule has 4 rings (SSSR count). The molecule has 0 spiro atoms. The van der Waals surface area contributed by atoms with E-state index in [0.717, 1.165) is 36.5 Å². The molecule has 134 valence electrons. The van der Waals surface area contributed by atoms with E-state index in [1.807, 2.05) is 23.6 Å². The maximum Gasteiger partial charge on any atom is 0.274 e. The molecule has 26 heavy (non-hydrogen) atoms. The van der Waals surface area contributed by atoms with Crippen molar-refractivity contribution in [2.45, 2.75) is 18.8 Å². The minimum atomic E-state index is -0.0266. The van der Waals surface area contributed by atoms with Gasteiger partial charge in [-0.15, -0.1) is 0 Å². The molecule has 0 aromatic carbocycles. The van der Waals surface area contributed by atoms with Crippen molar-refractivity contribution in [2.75, 3.05) is 13.1 Å². The van der Waals surface area contributed by atoms with E-state index in [1.165, 1.54) is 0 Å². The summed E-state index contributed by atoms with van der Waals surface area (Å²) in [7, 11) is 3.76. The molecule has 1 fully saturated rings. The van der Waals surface area contributed by atoms with Crippen LogP contribution in [0, 0.1) is 0 Å². The van der Waals surface area contributed by atoms with Crippen LogP contribution in [0.15, 0.2) is 37.2 Å². The van der Waals surface area contributed by atoms with Crippen molar-refractivity contribution in [3.05, 3.63) is 48.6 Å². The van der Waals surface area contributed by atoms with Crippen molar-refractivity contribution in [3.8, 4) is 11.4 Å². The van der Waals surface area contributed by atoms with Gasteiger partial charge in [0, 0.05) is 51.7 Å². The van der Waals surface area contributed by atoms with Gasteiger partial charge in [0.2, 0.25) is 0 Å². The number of likely N-dealkylation sites (tertiary alicyclic amines) is 1. The van der Waals surface area contributed by atoms with Crippen molar-refractivity contribution in [2.24, 2.45) is 14.1 Å². The Labute approximate surface area is 151 Å². The zero-order valence-electron chi connectivity index (χ0n) is 14.9. The van der Waals surface area contributed by atoms with Crippen LogP contribution in [0.2, 0.25) is 0 Å². The minimum Gasteiger partial charge on any atom is -0.337 e. The van der Waals surface area contributed by atoms with Gasteiger partial charge in [0.1, 0.15) is 11.4 Å². The fourth-order valence-electron chi connectivity index (χ4n) is 3.51. The predicted molar refractivity (Wildman–Crippen MR) is 95.3 cm³/mol. The van der Waals surface area contributed by atoms with Gasteiger partial charge in [0.05, 0.1) is 23.9 Å². The average Bonchev–Trinajstić information content (AvgIpc) is 3.29. The molecule has 0 aliphatic carbocycles. The second kappa shape index (κ2) is 6.70. The second-order valence-corrected chi connectivity index (χ2v) is 6.64. The molecule has 8 heteroatoms. The first-order valence-electron chi connectivity index (χ1n) is 8.70. The summed E-state index contributed by atoms with van der Waals surface area (Å²) in [6.07, 6.45) is 10.7. The molecule has 3 aromatic heterocycles. The second-order valence-electron chi connectivity index (χ2n) is 6.64. The SMILES string of the molecule is Cn1ccc(C(=O)N2CCC[C@H](c3nccnc3-c3cncn3C)C2)n1. The van der Waals surface area contributed by atoms with Crippen LogP contribution in [0.4, 0.5) is 0 Å². The Morgan fingerprint density at radius 3 is 2.81 bits per heavy atom. The number of imidazole rings is 1. The van der Waals surface area contributed by atoms with Gasteiger partial charge in [-0.2, -0.15) is 5.10 Å². The summed E-state index contributed by atoms with van der Waals surface area (Å²) >= 11 is 0. The third-order valence-corrected chi connectivity index (χ3v) is 4.81. The topological polar surface area (TPSA) is 81.7 Å². The molecule has 1 atom stereocenters. The van der Waals surface area contributed by atoms with Crippen LogP contribution in [0.1, 0.15) is 34.9 Å². The van der Waals surface area contributed by atoms with E-state index < -0.39 is 0 Å². The highest BCUT2D eigenvalue weighted by atomic mass is 16.2. The monoisotopic (exact) mass is 351 g/mol. The van der Waals surface area contributed by atoms with Crippen molar-refractivity contribution in [1.29, 1.82) is 0 Å². The first-order valence-corrected chi connectivity index (χ1v) is 8.70. The fraction of sp³-hybridized carbons (Fsp3) is 0.389. The van der Waals surface area contributed by atoms with E-state index in [4.69, 9.17) is 0 Å². The van der Waals surface area contributed by atoms with Crippen LogP contribution in [0.3, 0.4) is 0 Å². The number of rotatable bonds is 3. The Balaban J connectivity index is 1.61. The van der Waals surface area contributed by atoms with Crippen molar-refractivity contribution in [3.63, 3.8) is 0 Å². The first kappa shape index (κ1) is 16.4. The molecule has 8 nitrogen and oxygen atoms in total. The van der Waals surface area contributed by atoms with E-state index in [9.17, 15) is 4.79 Å². The molecular weight excluding hydrogens is 330 g/mol. The minimum absolute atomic E-state index is 0.0266. The molecule has 1 saturated heterocycles. The van der Waals surface area contributed by atoms with Crippen LogP contribution >= 0.6 is 0 Å². The maximum absolute atomic E-state index is 12.8. The summed E-state index contributed by atoms with van der Waals surface area (Å²) in [6, 6.07) is 1.76. The Bertz CT molecular complexity index is 929. The Morgan fingerprint density at radius 2 is 2.08 bits per heavy atom. The fourth-order valence-corrected chi connectivity index (χ4v) is 3.51. The first-order chi connectivity index (χ1) is 12.6. The molecule has 0 radical (unpaired) electrons. The lowest BCUT2D eigenvalue weighted by Crippen LogP contribution is -2.39. The summed E-state index contributed by atoms with van der Waals surface area (Å²) in [5.41, 5.74) is 3.18. The summed E-state index contributed by atoms with van der Waals surface area (Å²) in [6.45, 7) is 1.37. The summed E-state index contributed by atoms with van der Waals surface area (Å²) in [5.74, 6) is 0.122. The van der Waals surface area contributed by atoms with Gasteiger partial charge in [0.15, 0.2) is 0 Å². The highest BCUT2D eigenvalue weighted by Crippen LogP contribution is 2.31.